The molecule has 25 heavy (non-hydrogen) atoms. The smallest absolute Gasteiger partial charge is 0.407 e. The molecule has 2 heterocycles. The maximum absolute atomic E-state index is 12.0. The van der Waals surface area contributed by atoms with Gasteiger partial charge in [0, 0.05) is 22.9 Å². The Kier molecular flexibility index (Phi) is 5.99. The predicted octanol–water partition coefficient (Wildman–Crippen LogP) is 2.94. The minimum absolute atomic E-state index is 0.263. The molecule has 2 rings (SSSR count). The van der Waals surface area contributed by atoms with E-state index in [1.54, 1.807) is 27.7 Å². The predicted molar refractivity (Wildman–Crippen MR) is 102 cm³/mol. The molecule has 0 aromatic carbocycles. The number of anilines is 1. The van der Waals surface area contributed by atoms with Crippen LogP contribution in [-0.4, -0.2) is 33.5 Å². The fraction of sp³-hybridized carbons (Fsp3) is 0.562. The number of fused-ring (bicyclic) bond motifs is 1. The molecule has 0 bridgehead atoms. The van der Waals surface area contributed by atoms with Crippen molar-refractivity contribution in [2.75, 3.05) is 18.0 Å². The summed E-state index contributed by atoms with van der Waals surface area (Å²) in [6, 6.07) is 0. The summed E-state index contributed by atoms with van der Waals surface area (Å²) in [5, 5.41) is 2.74. The molecular weight excluding hydrogens is 360 g/mol. The van der Waals surface area contributed by atoms with E-state index in [0.717, 1.165) is 27.0 Å². The molecule has 138 valence electrons. The van der Waals surface area contributed by atoms with Gasteiger partial charge >= 0.3 is 11.8 Å². The Hall–Kier alpha value is -1.74. The fourth-order valence-corrected chi connectivity index (χ4v) is 4.66. The summed E-state index contributed by atoms with van der Waals surface area (Å²) in [5.74, 6) is 1.04. The Bertz CT molecular complexity index is 792. The number of carbonyl (C=O) groups excluding carboxylic acids is 1. The van der Waals surface area contributed by atoms with Crippen LogP contribution in [0.3, 0.4) is 0 Å². The monoisotopic (exact) mass is 384 g/mol. The highest BCUT2D eigenvalue weighted by atomic mass is 32.2. The second-order valence-electron chi connectivity index (χ2n) is 6.63. The molecule has 0 fully saturated rings. The van der Waals surface area contributed by atoms with Crippen LogP contribution >= 0.6 is 23.1 Å². The first kappa shape index (κ1) is 19.6. The number of rotatable bonds is 5. The molecule has 0 saturated carbocycles. The van der Waals surface area contributed by atoms with Crippen LogP contribution in [0, 0.1) is 13.8 Å². The van der Waals surface area contributed by atoms with E-state index in [0.29, 0.717) is 12.2 Å². The summed E-state index contributed by atoms with van der Waals surface area (Å²) in [6.45, 7) is 9.87. The maximum atomic E-state index is 12.0. The van der Waals surface area contributed by atoms with Gasteiger partial charge in [-0.1, -0.05) is 0 Å². The summed E-state index contributed by atoms with van der Waals surface area (Å²) < 4.78 is 7.73. The number of nitrogens with one attached hydrogen (secondary N) is 1. The van der Waals surface area contributed by atoms with E-state index in [1.807, 2.05) is 34.6 Å². The van der Waals surface area contributed by atoms with E-state index >= 15 is 0 Å². The van der Waals surface area contributed by atoms with Gasteiger partial charge in [-0.2, -0.15) is 4.98 Å². The zero-order valence-corrected chi connectivity index (χ0v) is 16.8. The number of amides is 1. The summed E-state index contributed by atoms with van der Waals surface area (Å²) in [6.07, 6.45) is 0.360. The molecule has 0 spiro atoms. The van der Waals surface area contributed by atoms with Crippen molar-refractivity contribution in [3.63, 3.8) is 0 Å². The first-order valence-electron chi connectivity index (χ1n) is 7.98. The summed E-state index contributed by atoms with van der Waals surface area (Å²) in [4.78, 5) is 28.5. The molecule has 9 heteroatoms. The molecule has 2 aliphatic rings. The number of thioether (sulfide) groups is 1. The largest absolute Gasteiger partial charge is 0.444 e. The lowest BCUT2D eigenvalue weighted by molar-refractivity contribution is 0.0528. The van der Waals surface area contributed by atoms with Gasteiger partial charge in [0.15, 0.2) is 5.82 Å². The Morgan fingerprint density at radius 3 is 2.72 bits per heavy atom. The number of alkyl carbamates (subject to hydrolysis) is 1. The van der Waals surface area contributed by atoms with Crippen molar-refractivity contribution >= 4 is 35.0 Å². The van der Waals surface area contributed by atoms with Crippen molar-refractivity contribution < 1.29 is 9.53 Å². The molecule has 3 N–H and O–H groups in total. The molecular formula is C16H24N4O3S2. The third kappa shape index (κ3) is 4.88. The van der Waals surface area contributed by atoms with Gasteiger partial charge in [-0.15, -0.1) is 23.1 Å². The van der Waals surface area contributed by atoms with E-state index < -0.39 is 11.7 Å². The number of imidazole rings is 1. The van der Waals surface area contributed by atoms with Gasteiger partial charge < -0.3 is 15.8 Å². The molecule has 2 aliphatic heterocycles. The Labute approximate surface area is 155 Å². The van der Waals surface area contributed by atoms with Crippen LogP contribution in [-0.2, 0) is 4.74 Å². The number of aromatic nitrogens is 2. The summed E-state index contributed by atoms with van der Waals surface area (Å²) in [5.41, 5.74) is 6.63. The summed E-state index contributed by atoms with van der Waals surface area (Å²) in [7, 11) is 0. The van der Waals surface area contributed by atoms with Gasteiger partial charge in [0.25, 0.3) is 0 Å². The summed E-state index contributed by atoms with van der Waals surface area (Å²) >= 11 is 3.22. The van der Waals surface area contributed by atoms with Crippen molar-refractivity contribution in [1.29, 1.82) is 0 Å². The van der Waals surface area contributed by atoms with Gasteiger partial charge in [0.2, 0.25) is 0 Å². The van der Waals surface area contributed by atoms with Crippen LogP contribution in [0.2, 0.25) is 0 Å². The Balaban J connectivity index is 1.95. The van der Waals surface area contributed by atoms with Crippen molar-refractivity contribution in [1.82, 2.24) is 14.9 Å². The molecule has 0 atom stereocenters. The lowest BCUT2D eigenvalue weighted by atomic mass is 10.2. The standard InChI is InChI=1S/C16H24N4O3S2/c1-9-10(2)25-13(11-12(17)19-14(21)20(9)11)24-8-6-7-18-15(22)23-16(3,4)5/h6-8H2,1-5H3,(H,18,22)(H2,17,19,21). The van der Waals surface area contributed by atoms with Crippen molar-refractivity contribution in [3.8, 4) is 5.69 Å². The second-order valence-corrected chi connectivity index (χ2v) is 9.21. The number of hydrogen-bond donors (Lipinski definition) is 2. The average molecular weight is 385 g/mol. The normalized spacial score (nSPS) is 11.7. The van der Waals surface area contributed by atoms with E-state index in [9.17, 15) is 9.59 Å². The van der Waals surface area contributed by atoms with Crippen molar-refractivity contribution in [2.24, 2.45) is 0 Å². The SMILES string of the molecule is Cc1sc(SCCCNC(=O)OC(C)(C)C)c2c(N)nc(=O)n-2c1C. The van der Waals surface area contributed by atoms with E-state index in [4.69, 9.17) is 10.5 Å². The number of ether oxygens (including phenoxy) is 1. The number of aryl methyl sites for hydroxylation is 1. The minimum Gasteiger partial charge on any atom is -0.444 e. The van der Waals surface area contributed by atoms with Crippen LogP contribution in [0.5, 0.6) is 0 Å². The molecule has 0 aromatic rings. The van der Waals surface area contributed by atoms with Gasteiger partial charge in [0.1, 0.15) is 11.3 Å². The molecule has 7 nitrogen and oxygen atoms in total. The molecule has 0 radical (unpaired) electrons. The van der Waals surface area contributed by atoms with Crippen LogP contribution in [0.1, 0.15) is 37.8 Å². The number of carbonyl (C=O) groups is 1. The topological polar surface area (TPSA) is 99.2 Å². The number of nitrogens with zero attached hydrogens (tertiary/aromatic N) is 2. The van der Waals surface area contributed by atoms with Gasteiger partial charge in [-0.05, 0) is 41.0 Å². The maximum Gasteiger partial charge on any atom is 0.407 e. The second kappa shape index (κ2) is 7.65. The van der Waals surface area contributed by atoms with Gasteiger partial charge in [0.05, 0.1) is 4.21 Å². The van der Waals surface area contributed by atoms with Crippen LogP contribution in [0.15, 0.2) is 9.00 Å². The van der Waals surface area contributed by atoms with E-state index in [-0.39, 0.29) is 11.5 Å². The average Bonchev–Trinajstić information content (AvgIpc) is 2.77. The first-order chi connectivity index (χ1) is 11.6. The third-order valence-electron chi connectivity index (χ3n) is 3.38. The molecule has 1 amide bonds. The first-order valence-corrected chi connectivity index (χ1v) is 9.78. The highest BCUT2D eigenvalue weighted by Crippen LogP contribution is 2.36. The van der Waals surface area contributed by atoms with Crippen LogP contribution < -0.4 is 16.7 Å². The lowest BCUT2D eigenvalue weighted by Crippen LogP contribution is -2.33. The van der Waals surface area contributed by atoms with Crippen molar-refractivity contribution in [2.45, 2.75) is 50.8 Å². The fourth-order valence-electron chi connectivity index (χ4n) is 2.18. The zero-order valence-electron chi connectivity index (χ0n) is 15.1. The van der Waals surface area contributed by atoms with E-state index in [2.05, 4.69) is 10.3 Å². The quantitative estimate of drug-likeness (QED) is 0.607. The highest BCUT2D eigenvalue weighted by molar-refractivity contribution is 8.01. The number of nitrogen functional groups attached to an aromatic ring is 1. The Morgan fingerprint density at radius 2 is 2.08 bits per heavy atom. The van der Waals surface area contributed by atoms with Crippen LogP contribution in [0.4, 0.5) is 10.6 Å². The van der Waals surface area contributed by atoms with E-state index in [1.165, 1.54) is 0 Å². The highest BCUT2D eigenvalue weighted by Gasteiger charge is 2.21. The third-order valence-corrected chi connectivity index (χ3v) is 5.91. The lowest BCUT2D eigenvalue weighted by Gasteiger charge is -2.19. The molecule has 0 aliphatic carbocycles. The number of nitrogens with two attached hydrogens (primary N) is 1. The zero-order chi connectivity index (χ0) is 18.8. The van der Waals surface area contributed by atoms with Gasteiger partial charge in [-0.25, -0.2) is 9.59 Å². The Morgan fingerprint density at radius 1 is 1.40 bits per heavy atom. The minimum atomic E-state index is -0.499. The molecule has 0 saturated heterocycles. The molecule has 0 unspecified atom stereocenters. The molecule has 0 aromatic heterocycles. The number of hydrogen-bond acceptors (Lipinski definition) is 7. The van der Waals surface area contributed by atoms with Gasteiger partial charge in [-0.3, -0.25) is 4.57 Å². The van der Waals surface area contributed by atoms with Crippen LogP contribution in [0.25, 0.3) is 5.69 Å². The van der Waals surface area contributed by atoms with Crippen molar-refractivity contribution in [3.05, 3.63) is 21.1 Å².